The summed E-state index contributed by atoms with van der Waals surface area (Å²) in [6, 6.07) is 11.2. The zero-order valence-electron chi connectivity index (χ0n) is 12.0. The molecule has 108 valence electrons. The predicted molar refractivity (Wildman–Crippen MR) is 85.7 cm³/mol. The number of unbranched alkanes of at least 4 members (excludes halogenated alkanes) is 1. The first-order chi connectivity index (χ1) is 9.38. The molecule has 1 atom stereocenters. The Morgan fingerprint density at radius 3 is 2.63 bits per heavy atom. The van der Waals surface area contributed by atoms with Crippen LogP contribution in [0.2, 0.25) is 0 Å². The Morgan fingerprint density at radius 2 is 1.95 bits per heavy atom. The predicted octanol–water partition coefficient (Wildman–Crippen LogP) is 3.62. The van der Waals surface area contributed by atoms with Gasteiger partial charge in [-0.05, 0) is 24.2 Å². The number of aliphatic hydroxyl groups is 1. The van der Waals surface area contributed by atoms with Crippen molar-refractivity contribution in [3.05, 3.63) is 35.9 Å². The number of nitrogens with one attached hydrogen (secondary N) is 1. The summed E-state index contributed by atoms with van der Waals surface area (Å²) in [4.78, 5) is 0. The third-order valence-electron chi connectivity index (χ3n) is 3.13. The monoisotopic (exact) mass is 281 g/mol. The van der Waals surface area contributed by atoms with Gasteiger partial charge in [-0.3, -0.25) is 0 Å². The van der Waals surface area contributed by atoms with Crippen molar-refractivity contribution < 1.29 is 5.11 Å². The van der Waals surface area contributed by atoms with E-state index >= 15 is 0 Å². The van der Waals surface area contributed by atoms with Crippen molar-refractivity contribution >= 4 is 11.8 Å². The normalized spacial score (nSPS) is 12.5. The molecule has 0 bridgehead atoms. The van der Waals surface area contributed by atoms with E-state index in [0.717, 1.165) is 24.5 Å². The van der Waals surface area contributed by atoms with Crippen LogP contribution in [0, 0.1) is 0 Å². The second kappa shape index (κ2) is 11.3. The minimum absolute atomic E-state index is 0.309. The zero-order valence-corrected chi connectivity index (χ0v) is 12.8. The molecule has 19 heavy (non-hydrogen) atoms. The fourth-order valence-corrected chi connectivity index (χ4v) is 2.85. The van der Waals surface area contributed by atoms with Crippen molar-refractivity contribution in [1.29, 1.82) is 0 Å². The highest BCUT2D eigenvalue weighted by Crippen LogP contribution is 2.19. The van der Waals surface area contributed by atoms with Gasteiger partial charge in [0.2, 0.25) is 0 Å². The van der Waals surface area contributed by atoms with Crippen LogP contribution in [0.15, 0.2) is 30.3 Å². The third-order valence-corrected chi connectivity index (χ3v) is 4.20. The van der Waals surface area contributed by atoms with Crippen LogP contribution in [0.25, 0.3) is 0 Å². The van der Waals surface area contributed by atoms with Gasteiger partial charge in [0.15, 0.2) is 0 Å². The summed E-state index contributed by atoms with van der Waals surface area (Å²) < 4.78 is 0. The quantitative estimate of drug-likeness (QED) is 0.608. The van der Waals surface area contributed by atoms with Crippen molar-refractivity contribution in [3.63, 3.8) is 0 Å². The first kappa shape index (κ1) is 16.5. The summed E-state index contributed by atoms with van der Waals surface area (Å²) in [5, 5.41) is 12.4. The molecule has 0 amide bonds. The lowest BCUT2D eigenvalue weighted by Gasteiger charge is -2.19. The zero-order chi connectivity index (χ0) is 13.8. The molecule has 0 aliphatic heterocycles. The van der Waals surface area contributed by atoms with E-state index in [1.807, 2.05) is 11.8 Å². The average molecular weight is 281 g/mol. The molecular formula is C16H27NOS. The number of benzene rings is 1. The van der Waals surface area contributed by atoms with Gasteiger partial charge in [-0.1, -0.05) is 50.1 Å². The van der Waals surface area contributed by atoms with Gasteiger partial charge in [0.05, 0.1) is 0 Å². The van der Waals surface area contributed by atoms with Gasteiger partial charge >= 0.3 is 0 Å². The molecule has 1 aromatic carbocycles. The van der Waals surface area contributed by atoms with E-state index in [4.69, 9.17) is 5.11 Å². The Morgan fingerprint density at radius 1 is 1.16 bits per heavy atom. The number of aliphatic hydroxyl groups excluding tert-OH is 1. The van der Waals surface area contributed by atoms with Crippen molar-refractivity contribution in [1.82, 2.24) is 5.32 Å². The van der Waals surface area contributed by atoms with Crippen LogP contribution in [0.5, 0.6) is 0 Å². The Hall–Kier alpha value is -0.510. The molecule has 0 saturated heterocycles. The van der Waals surface area contributed by atoms with E-state index < -0.39 is 0 Å². The molecule has 2 N–H and O–H groups in total. The van der Waals surface area contributed by atoms with Gasteiger partial charge < -0.3 is 10.4 Å². The Bertz CT molecular complexity index is 305. The highest BCUT2D eigenvalue weighted by molar-refractivity contribution is 7.99. The fraction of sp³-hybridized carbons (Fsp3) is 0.625. The molecule has 0 aliphatic rings. The largest absolute Gasteiger partial charge is 0.396 e. The van der Waals surface area contributed by atoms with Crippen molar-refractivity contribution in [2.75, 3.05) is 24.7 Å². The molecule has 1 rings (SSSR count). The molecule has 0 spiro atoms. The lowest BCUT2D eigenvalue weighted by molar-refractivity contribution is 0.296. The SMILES string of the molecule is CCCCC(NCCSCCCO)c1ccccc1. The van der Waals surface area contributed by atoms with Crippen LogP contribution in [0.1, 0.15) is 44.2 Å². The van der Waals surface area contributed by atoms with Crippen molar-refractivity contribution in [2.45, 2.75) is 38.6 Å². The highest BCUT2D eigenvalue weighted by atomic mass is 32.2. The van der Waals surface area contributed by atoms with E-state index in [1.54, 1.807) is 0 Å². The Kier molecular flexibility index (Phi) is 9.86. The van der Waals surface area contributed by atoms with E-state index in [0.29, 0.717) is 12.6 Å². The lowest BCUT2D eigenvalue weighted by Crippen LogP contribution is -2.24. The molecule has 1 unspecified atom stereocenters. The van der Waals surface area contributed by atoms with E-state index in [1.165, 1.54) is 24.8 Å². The third kappa shape index (κ3) is 7.61. The van der Waals surface area contributed by atoms with Crippen molar-refractivity contribution in [2.24, 2.45) is 0 Å². The van der Waals surface area contributed by atoms with Crippen molar-refractivity contribution in [3.8, 4) is 0 Å². The van der Waals surface area contributed by atoms with Crippen LogP contribution < -0.4 is 5.32 Å². The number of rotatable bonds is 11. The molecule has 1 aromatic rings. The van der Waals surface area contributed by atoms with Crippen LogP contribution >= 0.6 is 11.8 Å². The Balaban J connectivity index is 2.30. The maximum absolute atomic E-state index is 8.73. The molecule has 0 radical (unpaired) electrons. The summed E-state index contributed by atoms with van der Waals surface area (Å²) in [7, 11) is 0. The second-order valence-corrected chi connectivity index (χ2v) is 5.97. The molecule has 3 heteroatoms. The molecule has 0 saturated carbocycles. The molecule has 2 nitrogen and oxygen atoms in total. The minimum Gasteiger partial charge on any atom is -0.396 e. The molecule has 0 heterocycles. The topological polar surface area (TPSA) is 32.3 Å². The van der Waals surface area contributed by atoms with Gasteiger partial charge in [-0.15, -0.1) is 0 Å². The van der Waals surface area contributed by atoms with E-state index in [-0.39, 0.29) is 0 Å². The van der Waals surface area contributed by atoms with Crippen LogP contribution in [0.3, 0.4) is 0 Å². The van der Waals surface area contributed by atoms with Crippen LogP contribution in [0.4, 0.5) is 0 Å². The maximum Gasteiger partial charge on any atom is 0.0438 e. The van der Waals surface area contributed by atoms with E-state index in [2.05, 4.69) is 42.6 Å². The summed E-state index contributed by atoms with van der Waals surface area (Å²) in [5.74, 6) is 2.18. The van der Waals surface area contributed by atoms with Crippen LogP contribution in [-0.2, 0) is 0 Å². The highest BCUT2D eigenvalue weighted by Gasteiger charge is 2.09. The number of hydrogen-bond acceptors (Lipinski definition) is 3. The summed E-state index contributed by atoms with van der Waals surface area (Å²) in [6.45, 7) is 3.59. The first-order valence-electron chi connectivity index (χ1n) is 7.35. The molecule has 0 fully saturated rings. The van der Waals surface area contributed by atoms with Crippen LogP contribution in [-0.4, -0.2) is 29.8 Å². The summed E-state index contributed by atoms with van der Waals surface area (Å²) in [5.41, 5.74) is 1.40. The van der Waals surface area contributed by atoms with Gasteiger partial charge in [-0.25, -0.2) is 0 Å². The lowest BCUT2D eigenvalue weighted by atomic mass is 10.0. The molecule has 0 aromatic heterocycles. The molecule has 0 aliphatic carbocycles. The first-order valence-corrected chi connectivity index (χ1v) is 8.51. The Labute approximate surface area is 122 Å². The van der Waals surface area contributed by atoms with Gasteiger partial charge in [-0.2, -0.15) is 11.8 Å². The molecular weight excluding hydrogens is 254 g/mol. The smallest absolute Gasteiger partial charge is 0.0438 e. The minimum atomic E-state index is 0.309. The van der Waals surface area contributed by atoms with E-state index in [9.17, 15) is 0 Å². The van der Waals surface area contributed by atoms with Gasteiger partial charge in [0.25, 0.3) is 0 Å². The number of thioether (sulfide) groups is 1. The summed E-state index contributed by atoms with van der Waals surface area (Å²) in [6.07, 6.45) is 4.63. The average Bonchev–Trinajstić information content (AvgIpc) is 2.46. The second-order valence-electron chi connectivity index (χ2n) is 4.75. The summed E-state index contributed by atoms with van der Waals surface area (Å²) >= 11 is 1.92. The van der Waals surface area contributed by atoms with Gasteiger partial charge in [0.1, 0.15) is 0 Å². The number of hydrogen-bond donors (Lipinski definition) is 2. The maximum atomic E-state index is 8.73. The fourth-order valence-electron chi connectivity index (χ4n) is 2.05. The standard InChI is InChI=1S/C16H27NOS/c1-2-3-10-16(15-8-5-4-6-9-15)17-11-14-19-13-7-12-18/h4-6,8-9,16-18H,2-3,7,10-14H2,1H3. The van der Waals surface area contributed by atoms with Gasteiger partial charge in [0, 0.05) is 24.9 Å².